The van der Waals surface area contributed by atoms with Gasteiger partial charge in [0.2, 0.25) is 0 Å². The van der Waals surface area contributed by atoms with Crippen LogP contribution in [-0.4, -0.2) is 22.4 Å². The first-order valence-corrected chi connectivity index (χ1v) is 7.30. The van der Waals surface area contributed by atoms with Crippen LogP contribution in [0.1, 0.15) is 34.5 Å². The monoisotopic (exact) mass is 251 g/mol. The van der Waals surface area contributed by atoms with Crippen LogP contribution in [0.15, 0.2) is 10.9 Å². The van der Waals surface area contributed by atoms with Gasteiger partial charge in [0, 0.05) is 35.5 Å². The number of aryl methyl sites for hydroxylation is 1. The zero-order valence-electron chi connectivity index (χ0n) is 10.3. The number of rotatable bonds is 3. The number of ketones is 1. The molecule has 1 aliphatic rings. The fourth-order valence-electron chi connectivity index (χ4n) is 2.32. The standard InChI is InChI=1S/C13H17NO2S/c1-9-8-10-11(4-3-5-12(10)15)14(13(9)16)6-7-17-2/h8H,3-7H2,1-2H3. The molecule has 1 aromatic heterocycles. The Morgan fingerprint density at radius 1 is 1.35 bits per heavy atom. The van der Waals surface area contributed by atoms with E-state index in [1.807, 2.05) is 6.26 Å². The van der Waals surface area contributed by atoms with Crippen molar-refractivity contribution >= 4 is 17.5 Å². The fourth-order valence-corrected chi connectivity index (χ4v) is 2.69. The van der Waals surface area contributed by atoms with Gasteiger partial charge in [-0.3, -0.25) is 9.59 Å². The number of nitrogens with zero attached hydrogens (tertiary/aromatic N) is 1. The molecule has 0 aromatic carbocycles. The van der Waals surface area contributed by atoms with Crippen molar-refractivity contribution in [3.63, 3.8) is 0 Å². The van der Waals surface area contributed by atoms with Crippen LogP contribution in [0.2, 0.25) is 0 Å². The molecule has 92 valence electrons. The van der Waals surface area contributed by atoms with Crippen molar-refractivity contribution < 1.29 is 4.79 Å². The Bertz CT molecular complexity index is 505. The molecule has 0 radical (unpaired) electrons. The van der Waals surface area contributed by atoms with Crippen LogP contribution in [-0.2, 0) is 13.0 Å². The van der Waals surface area contributed by atoms with Crippen LogP contribution >= 0.6 is 11.8 Å². The molecule has 0 saturated carbocycles. The zero-order chi connectivity index (χ0) is 12.4. The third kappa shape index (κ3) is 2.32. The molecule has 0 spiro atoms. The first kappa shape index (κ1) is 12.4. The number of carbonyl (C=O) groups excluding carboxylic acids is 1. The molecule has 17 heavy (non-hydrogen) atoms. The van der Waals surface area contributed by atoms with Gasteiger partial charge in [-0.15, -0.1) is 0 Å². The van der Waals surface area contributed by atoms with Gasteiger partial charge in [-0.2, -0.15) is 11.8 Å². The topological polar surface area (TPSA) is 39.1 Å². The van der Waals surface area contributed by atoms with Gasteiger partial charge >= 0.3 is 0 Å². The molecule has 0 amide bonds. The van der Waals surface area contributed by atoms with Gasteiger partial charge in [0.15, 0.2) is 5.78 Å². The predicted octanol–water partition coefficient (Wildman–Crippen LogP) is 2.04. The maximum atomic E-state index is 12.1. The number of hydrogen-bond donors (Lipinski definition) is 0. The van der Waals surface area contributed by atoms with E-state index in [0.717, 1.165) is 29.9 Å². The lowest BCUT2D eigenvalue weighted by Gasteiger charge is -2.20. The van der Waals surface area contributed by atoms with E-state index in [4.69, 9.17) is 0 Å². The summed E-state index contributed by atoms with van der Waals surface area (Å²) in [5, 5.41) is 0. The van der Waals surface area contributed by atoms with Crippen LogP contribution in [0.25, 0.3) is 0 Å². The van der Waals surface area contributed by atoms with Gasteiger partial charge in [0.25, 0.3) is 5.56 Å². The van der Waals surface area contributed by atoms with E-state index < -0.39 is 0 Å². The third-order valence-corrected chi connectivity index (χ3v) is 3.81. The molecule has 2 rings (SSSR count). The van der Waals surface area contributed by atoms with Crippen LogP contribution in [0, 0.1) is 6.92 Å². The molecule has 3 nitrogen and oxygen atoms in total. The molecular weight excluding hydrogens is 234 g/mol. The molecule has 0 N–H and O–H groups in total. The molecular formula is C13H17NO2S. The van der Waals surface area contributed by atoms with E-state index in [1.165, 1.54) is 0 Å². The molecule has 1 heterocycles. The number of carbonyl (C=O) groups is 1. The molecule has 1 aromatic rings. The summed E-state index contributed by atoms with van der Waals surface area (Å²) in [6, 6.07) is 1.77. The lowest BCUT2D eigenvalue weighted by Crippen LogP contribution is -2.30. The first-order chi connectivity index (χ1) is 8.15. The van der Waals surface area contributed by atoms with E-state index in [0.29, 0.717) is 18.5 Å². The lowest BCUT2D eigenvalue weighted by atomic mass is 9.93. The minimum absolute atomic E-state index is 0.0625. The zero-order valence-corrected chi connectivity index (χ0v) is 11.1. The van der Waals surface area contributed by atoms with E-state index in [-0.39, 0.29) is 11.3 Å². The summed E-state index contributed by atoms with van der Waals surface area (Å²) >= 11 is 1.72. The lowest BCUT2D eigenvalue weighted by molar-refractivity contribution is 0.0970. The van der Waals surface area contributed by atoms with E-state index in [1.54, 1.807) is 29.3 Å². The SMILES string of the molecule is CSCCn1c2c(cc(C)c1=O)C(=O)CCC2. The number of hydrogen-bond acceptors (Lipinski definition) is 3. The van der Waals surface area contributed by atoms with Gasteiger partial charge in [-0.1, -0.05) is 0 Å². The molecule has 0 fully saturated rings. The third-order valence-electron chi connectivity index (χ3n) is 3.22. The minimum atomic E-state index is 0.0625. The van der Waals surface area contributed by atoms with E-state index in [2.05, 4.69) is 0 Å². The summed E-state index contributed by atoms with van der Waals surface area (Å²) in [6.07, 6.45) is 4.37. The van der Waals surface area contributed by atoms with Gasteiger partial charge in [0.05, 0.1) is 0 Å². The van der Waals surface area contributed by atoms with Crippen molar-refractivity contribution in [3.8, 4) is 0 Å². The van der Waals surface area contributed by atoms with Crippen LogP contribution in [0.4, 0.5) is 0 Å². The Labute approximate surface area is 105 Å². The van der Waals surface area contributed by atoms with Crippen molar-refractivity contribution in [2.45, 2.75) is 32.7 Å². The van der Waals surface area contributed by atoms with E-state index >= 15 is 0 Å². The van der Waals surface area contributed by atoms with Crippen LogP contribution in [0.5, 0.6) is 0 Å². The highest BCUT2D eigenvalue weighted by Crippen LogP contribution is 2.20. The number of Topliss-reactive ketones (excluding diaryl/α,β-unsaturated/α-hetero) is 1. The highest BCUT2D eigenvalue weighted by molar-refractivity contribution is 7.98. The second-order valence-electron chi connectivity index (χ2n) is 4.41. The van der Waals surface area contributed by atoms with Crippen molar-refractivity contribution in [3.05, 3.63) is 33.2 Å². The summed E-state index contributed by atoms with van der Waals surface area (Å²) < 4.78 is 1.80. The summed E-state index contributed by atoms with van der Waals surface area (Å²) in [6.45, 7) is 2.50. The molecule has 0 bridgehead atoms. The van der Waals surface area contributed by atoms with Gasteiger partial charge in [-0.05, 0) is 32.1 Å². The Kier molecular flexibility index (Phi) is 3.72. The molecule has 0 aliphatic heterocycles. The van der Waals surface area contributed by atoms with Gasteiger partial charge < -0.3 is 4.57 Å². The second-order valence-corrected chi connectivity index (χ2v) is 5.40. The van der Waals surface area contributed by atoms with Gasteiger partial charge in [-0.25, -0.2) is 0 Å². The molecule has 0 atom stereocenters. The summed E-state index contributed by atoms with van der Waals surface area (Å²) in [4.78, 5) is 24.0. The van der Waals surface area contributed by atoms with Crippen molar-refractivity contribution in [1.29, 1.82) is 0 Å². The summed E-state index contributed by atoms with van der Waals surface area (Å²) in [5.41, 5.74) is 2.47. The minimum Gasteiger partial charge on any atom is -0.311 e. The molecule has 4 heteroatoms. The second kappa shape index (κ2) is 5.08. The molecule has 1 aliphatic carbocycles. The Morgan fingerprint density at radius 3 is 2.82 bits per heavy atom. The maximum absolute atomic E-state index is 12.1. The Hall–Kier alpha value is -1.03. The Balaban J connectivity index is 2.55. The predicted molar refractivity (Wildman–Crippen MR) is 71.1 cm³/mol. The molecule has 0 unspecified atom stereocenters. The fraction of sp³-hybridized carbons (Fsp3) is 0.538. The smallest absolute Gasteiger partial charge is 0.253 e. The number of aromatic nitrogens is 1. The van der Waals surface area contributed by atoms with Crippen LogP contribution < -0.4 is 5.56 Å². The number of thioether (sulfide) groups is 1. The largest absolute Gasteiger partial charge is 0.311 e. The quantitative estimate of drug-likeness (QED) is 0.825. The Morgan fingerprint density at radius 2 is 2.12 bits per heavy atom. The highest BCUT2D eigenvalue weighted by Gasteiger charge is 2.21. The molecule has 0 saturated heterocycles. The highest BCUT2D eigenvalue weighted by atomic mass is 32.2. The summed E-state index contributed by atoms with van der Waals surface area (Å²) in [5.74, 6) is 1.09. The van der Waals surface area contributed by atoms with Crippen LogP contribution in [0.3, 0.4) is 0 Å². The summed E-state index contributed by atoms with van der Waals surface area (Å²) in [7, 11) is 0. The van der Waals surface area contributed by atoms with Crippen molar-refractivity contribution in [2.24, 2.45) is 0 Å². The number of pyridine rings is 1. The first-order valence-electron chi connectivity index (χ1n) is 5.90. The van der Waals surface area contributed by atoms with Crippen molar-refractivity contribution in [1.82, 2.24) is 4.57 Å². The number of fused-ring (bicyclic) bond motifs is 1. The average Bonchev–Trinajstić information content (AvgIpc) is 2.31. The normalized spacial score (nSPS) is 14.8. The average molecular weight is 251 g/mol. The van der Waals surface area contributed by atoms with E-state index in [9.17, 15) is 9.59 Å². The maximum Gasteiger partial charge on any atom is 0.253 e. The van der Waals surface area contributed by atoms with Crippen molar-refractivity contribution in [2.75, 3.05) is 12.0 Å². The van der Waals surface area contributed by atoms with Gasteiger partial charge in [0.1, 0.15) is 0 Å².